The first-order chi connectivity index (χ1) is 9.15. The maximum absolute atomic E-state index is 11.9. The minimum absolute atomic E-state index is 0.0229. The smallest absolute Gasteiger partial charge is 0.220 e. The predicted octanol–water partition coefficient (Wildman–Crippen LogP) is 4.49. The number of hydrogen-bond acceptors (Lipinski definition) is 1. The Morgan fingerprint density at radius 1 is 1.42 bits per heavy atom. The Morgan fingerprint density at radius 3 is 2.84 bits per heavy atom. The summed E-state index contributed by atoms with van der Waals surface area (Å²) in [6.07, 6.45) is 6.97. The summed E-state index contributed by atoms with van der Waals surface area (Å²) in [6, 6.07) is 7.69. The molecule has 104 valence electrons. The molecule has 1 fully saturated rings. The lowest BCUT2D eigenvalue weighted by Gasteiger charge is -2.15. The van der Waals surface area contributed by atoms with Gasteiger partial charge in [0.2, 0.25) is 5.91 Å². The quantitative estimate of drug-likeness (QED) is 0.845. The van der Waals surface area contributed by atoms with E-state index in [9.17, 15) is 4.79 Å². The zero-order chi connectivity index (χ0) is 13.7. The number of amides is 1. The molecule has 1 N–H and O–H groups in total. The molecular formula is C16H22ClNO. The summed E-state index contributed by atoms with van der Waals surface area (Å²) in [5, 5.41) is 3.76. The molecule has 0 spiro atoms. The van der Waals surface area contributed by atoms with Crippen LogP contribution >= 0.6 is 11.6 Å². The number of benzene rings is 1. The van der Waals surface area contributed by atoms with Crippen LogP contribution in [0.25, 0.3) is 0 Å². The van der Waals surface area contributed by atoms with Gasteiger partial charge in [0.25, 0.3) is 0 Å². The van der Waals surface area contributed by atoms with Gasteiger partial charge in [0.05, 0.1) is 6.04 Å². The second kappa shape index (κ2) is 6.95. The van der Waals surface area contributed by atoms with E-state index >= 15 is 0 Å². The molecular weight excluding hydrogens is 258 g/mol. The van der Waals surface area contributed by atoms with E-state index in [0.29, 0.717) is 11.4 Å². The van der Waals surface area contributed by atoms with Gasteiger partial charge in [0, 0.05) is 11.4 Å². The Labute approximate surface area is 120 Å². The van der Waals surface area contributed by atoms with Crippen LogP contribution in [0.2, 0.25) is 5.02 Å². The summed E-state index contributed by atoms with van der Waals surface area (Å²) in [5.74, 6) is 0.923. The van der Waals surface area contributed by atoms with Crippen molar-refractivity contribution in [2.45, 2.75) is 51.5 Å². The van der Waals surface area contributed by atoms with E-state index in [1.165, 1.54) is 25.7 Å². The van der Waals surface area contributed by atoms with Crippen molar-refractivity contribution in [3.8, 4) is 0 Å². The lowest BCUT2D eigenvalue weighted by Crippen LogP contribution is -2.26. The Balaban J connectivity index is 1.77. The van der Waals surface area contributed by atoms with Crippen LogP contribution in [0.4, 0.5) is 0 Å². The molecule has 2 nitrogen and oxygen atoms in total. The summed E-state index contributed by atoms with van der Waals surface area (Å²) in [4.78, 5) is 11.9. The maximum atomic E-state index is 11.9. The number of carbonyl (C=O) groups excluding carboxylic acids is 1. The molecule has 1 unspecified atom stereocenters. The Kier molecular flexibility index (Phi) is 5.26. The minimum atomic E-state index is 0.0229. The molecule has 1 aromatic carbocycles. The van der Waals surface area contributed by atoms with Gasteiger partial charge < -0.3 is 5.32 Å². The summed E-state index contributed by atoms with van der Waals surface area (Å²) in [5.41, 5.74) is 1.06. The van der Waals surface area contributed by atoms with Gasteiger partial charge in [0.1, 0.15) is 0 Å². The van der Waals surface area contributed by atoms with Crippen molar-refractivity contribution in [3.05, 3.63) is 34.9 Å². The van der Waals surface area contributed by atoms with Crippen molar-refractivity contribution >= 4 is 17.5 Å². The molecule has 1 aliphatic rings. The van der Waals surface area contributed by atoms with Gasteiger partial charge in [-0.1, -0.05) is 49.4 Å². The molecule has 1 saturated carbocycles. The van der Waals surface area contributed by atoms with E-state index in [1.54, 1.807) is 0 Å². The topological polar surface area (TPSA) is 29.1 Å². The Morgan fingerprint density at radius 2 is 2.16 bits per heavy atom. The highest BCUT2D eigenvalue weighted by Crippen LogP contribution is 2.28. The average molecular weight is 280 g/mol. The van der Waals surface area contributed by atoms with Gasteiger partial charge in [-0.3, -0.25) is 4.79 Å². The van der Waals surface area contributed by atoms with Crippen LogP contribution in [-0.4, -0.2) is 5.91 Å². The van der Waals surface area contributed by atoms with E-state index in [2.05, 4.69) is 5.32 Å². The molecule has 1 atom stereocenters. The van der Waals surface area contributed by atoms with E-state index in [0.717, 1.165) is 17.9 Å². The molecule has 0 heterocycles. The minimum Gasteiger partial charge on any atom is -0.350 e. The summed E-state index contributed by atoms with van der Waals surface area (Å²) >= 11 is 5.96. The van der Waals surface area contributed by atoms with Crippen molar-refractivity contribution in [2.75, 3.05) is 0 Å². The first-order valence-electron chi connectivity index (χ1n) is 7.20. The summed E-state index contributed by atoms with van der Waals surface area (Å²) in [6.45, 7) is 2.00. The molecule has 1 aliphatic carbocycles. The van der Waals surface area contributed by atoms with Gasteiger partial charge in [-0.05, 0) is 37.0 Å². The number of halogens is 1. The molecule has 1 aromatic rings. The van der Waals surface area contributed by atoms with Crippen LogP contribution in [0.1, 0.15) is 57.1 Å². The highest BCUT2D eigenvalue weighted by Gasteiger charge is 2.17. The third kappa shape index (κ3) is 4.54. The van der Waals surface area contributed by atoms with Crippen LogP contribution in [0.5, 0.6) is 0 Å². The highest BCUT2D eigenvalue weighted by molar-refractivity contribution is 6.30. The molecule has 0 bridgehead atoms. The first kappa shape index (κ1) is 14.4. The van der Waals surface area contributed by atoms with Gasteiger partial charge in [0.15, 0.2) is 0 Å². The maximum Gasteiger partial charge on any atom is 0.220 e. The van der Waals surface area contributed by atoms with Crippen LogP contribution in [0.3, 0.4) is 0 Å². The van der Waals surface area contributed by atoms with E-state index < -0.39 is 0 Å². The molecule has 0 aliphatic heterocycles. The van der Waals surface area contributed by atoms with Gasteiger partial charge >= 0.3 is 0 Å². The Hall–Kier alpha value is -1.02. The zero-order valence-corrected chi connectivity index (χ0v) is 12.2. The third-order valence-electron chi connectivity index (χ3n) is 3.98. The third-order valence-corrected chi connectivity index (χ3v) is 4.22. The van der Waals surface area contributed by atoms with E-state index in [4.69, 9.17) is 11.6 Å². The van der Waals surface area contributed by atoms with E-state index in [-0.39, 0.29) is 11.9 Å². The number of hydrogen-bond donors (Lipinski definition) is 1. The van der Waals surface area contributed by atoms with Gasteiger partial charge in [-0.25, -0.2) is 0 Å². The van der Waals surface area contributed by atoms with Crippen molar-refractivity contribution in [2.24, 2.45) is 5.92 Å². The van der Waals surface area contributed by atoms with Gasteiger partial charge in [-0.15, -0.1) is 0 Å². The predicted molar refractivity (Wildman–Crippen MR) is 79.2 cm³/mol. The fourth-order valence-corrected chi connectivity index (χ4v) is 3.01. The van der Waals surface area contributed by atoms with Gasteiger partial charge in [-0.2, -0.15) is 0 Å². The lowest BCUT2D eigenvalue weighted by atomic mass is 10.0. The summed E-state index contributed by atoms with van der Waals surface area (Å²) in [7, 11) is 0. The van der Waals surface area contributed by atoms with Crippen LogP contribution in [0.15, 0.2) is 24.3 Å². The van der Waals surface area contributed by atoms with Crippen LogP contribution in [0, 0.1) is 5.92 Å². The molecule has 19 heavy (non-hydrogen) atoms. The van der Waals surface area contributed by atoms with Crippen molar-refractivity contribution in [1.82, 2.24) is 5.32 Å². The molecule has 0 radical (unpaired) electrons. The number of rotatable bonds is 5. The summed E-state index contributed by atoms with van der Waals surface area (Å²) < 4.78 is 0. The Bertz CT molecular complexity index is 427. The fraction of sp³-hybridized carbons (Fsp3) is 0.562. The van der Waals surface area contributed by atoms with Crippen LogP contribution < -0.4 is 5.32 Å². The van der Waals surface area contributed by atoms with Crippen molar-refractivity contribution in [3.63, 3.8) is 0 Å². The second-order valence-electron chi connectivity index (χ2n) is 5.53. The largest absolute Gasteiger partial charge is 0.350 e. The molecule has 1 amide bonds. The molecule has 2 rings (SSSR count). The molecule has 0 saturated heterocycles. The van der Waals surface area contributed by atoms with Crippen LogP contribution in [-0.2, 0) is 4.79 Å². The zero-order valence-electron chi connectivity index (χ0n) is 11.5. The number of carbonyl (C=O) groups is 1. The monoisotopic (exact) mass is 279 g/mol. The highest BCUT2D eigenvalue weighted by atomic mass is 35.5. The van der Waals surface area contributed by atoms with Crippen molar-refractivity contribution in [1.29, 1.82) is 0 Å². The fourth-order valence-electron chi connectivity index (χ4n) is 2.81. The second-order valence-corrected chi connectivity index (χ2v) is 5.97. The average Bonchev–Trinajstić information content (AvgIpc) is 2.89. The SMILES string of the molecule is CC(NC(=O)CCC1CCCC1)c1cccc(Cl)c1. The normalized spacial score (nSPS) is 17.4. The molecule has 3 heteroatoms. The van der Waals surface area contributed by atoms with Crippen molar-refractivity contribution < 1.29 is 4.79 Å². The standard InChI is InChI=1S/C16H22ClNO/c1-12(14-7-4-8-15(17)11-14)18-16(19)10-9-13-5-2-3-6-13/h4,7-8,11-13H,2-3,5-6,9-10H2,1H3,(H,18,19). The molecule has 0 aromatic heterocycles. The number of nitrogens with one attached hydrogen (secondary N) is 1. The van der Waals surface area contributed by atoms with E-state index in [1.807, 2.05) is 31.2 Å². The lowest BCUT2D eigenvalue weighted by molar-refractivity contribution is -0.122. The first-order valence-corrected chi connectivity index (χ1v) is 7.58.